The standard InChI is InChI=1S/C32H32N2O4/c1-32(2,3)23-15-13-21(14-16-23)18-22-8-6-11-26-29(25-10-4-5-12-27(25)34-30(22)26)31(36)38-20-28(35)33-19-24-9-7-17-37-24/h4-5,7,9-10,12-18H,6,8,11,19-20H2,1-3H3,(H,33,35)/b22-18-. The van der Waals surface area contributed by atoms with Crippen LogP contribution >= 0.6 is 0 Å². The van der Waals surface area contributed by atoms with Crippen LogP contribution in [-0.2, 0) is 27.9 Å². The number of fused-ring (bicyclic) bond motifs is 2. The monoisotopic (exact) mass is 508 g/mol. The lowest BCUT2D eigenvalue weighted by Gasteiger charge is -2.23. The van der Waals surface area contributed by atoms with Crippen LogP contribution in [0, 0.1) is 0 Å². The molecule has 6 nitrogen and oxygen atoms in total. The highest BCUT2D eigenvalue weighted by molar-refractivity contribution is 6.07. The lowest BCUT2D eigenvalue weighted by atomic mass is 9.85. The topological polar surface area (TPSA) is 81.4 Å². The Morgan fingerprint density at radius 2 is 1.82 bits per heavy atom. The number of aromatic nitrogens is 1. The Bertz CT molecular complexity index is 1490. The molecule has 1 amide bonds. The summed E-state index contributed by atoms with van der Waals surface area (Å²) in [6.07, 6.45) is 6.22. The maximum Gasteiger partial charge on any atom is 0.339 e. The summed E-state index contributed by atoms with van der Waals surface area (Å²) in [7, 11) is 0. The molecule has 0 spiro atoms. The first-order chi connectivity index (χ1) is 18.3. The molecule has 5 rings (SSSR count). The number of rotatable bonds is 6. The van der Waals surface area contributed by atoms with Gasteiger partial charge in [0.15, 0.2) is 6.61 Å². The van der Waals surface area contributed by atoms with Crippen molar-refractivity contribution in [2.24, 2.45) is 0 Å². The number of benzene rings is 2. The van der Waals surface area contributed by atoms with Crippen molar-refractivity contribution < 1.29 is 18.7 Å². The average Bonchev–Trinajstić information content (AvgIpc) is 3.43. The first-order valence-electron chi connectivity index (χ1n) is 13.0. The van der Waals surface area contributed by atoms with E-state index in [-0.39, 0.29) is 24.5 Å². The summed E-state index contributed by atoms with van der Waals surface area (Å²) >= 11 is 0. The number of esters is 1. The van der Waals surface area contributed by atoms with Crippen molar-refractivity contribution in [1.82, 2.24) is 10.3 Å². The Morgan fingerprint density at radius 3 is 2.55 bits per heavy atom. The van der Waals surface area contributed by atoms with E-state index < -0.39 is 5.97 Å². The van der Waals surface area contributed by atoms with E-state index in [1.54, 1.807) is 18.4 Å². The summed E-state index contributed by atoms with van der Waals surface area (Å²) in [6.45, 7) is 6.48. The number of para-hydroxylation sites is 1. The number of furan rings is 1. The van der Waals surface area contributed by atoms with Gasteiger partial charge in [0.2, 0.25) is 0 Å². The second-order valence-corrected chi connectivity index (χ2v) is 10.7. The van der Waals surface area contributed by atoms with Crippen molar-refractivity contribution in [2.75, 3.05) is 6.61 Å². The molecule has 2 heterocycles. The Balaban J connectivity index is 1.43. The fraction of sp³-hybridized carbons (Fsp3) is 0.281. The molecule has 0 bridgehead atoms. The number of nitrogens with zero attached hydrogens (tertiary/aromatic N) is 1. The number of ether oxygens (including phenoxy) is 1. The molecule has 2 aromatic carbocycles. The molecule has 0 aliphatic heterocycles. The SMILES string of the molecule is CC(C)(C)c1ccc(/C=C2/CCCc3c2nc2ccccc2c3C(=O)OCC(=O)NCc2ccco2)cc1. The quantitative estimate of drug-likeness (QED) is 0.302. The van der Waals surface area contributed by atoms with Crippen molar-refractivity contribution in [3.63, 3.8) is 0 Å². The van der Waals surface area contributed by atoms with Gasteiger partial charge in [0.1, 0.15) is 5.76 Å². The smallest absolute Gasteiger partial charge is 0.339 e. The van der Waals surface area contributed by atoms with Crippen LogP contribution < -0.4 is 5.32 Å². The zero-order valence-corrected chi connectivity index (χ0v) is 22.0. The number of carbonyl (C=O) groups is 2. The Labute approximate surface area is 222 Å². The molecule has 0 saturated heterocycles. The van der Waals surface area contributed by atoms with Gasteiger partial charge in [-0.3, -0.25) is 4.79 Å². The van der Waals surface area contributed by atoms with Crippen LogP contribution in [-0.4, -0.2) is 23.5 Å². The predicted molar refractivity (Wildman–Crippen MR) is 149 cm³/mol. The molecule has 1 aliphatic rings. The Hall–Kier alpha value is -4.19. The Kier molecular flexibility index (Phi) is 7.14. The van der Waals surface area contributed by atoms with Gasteiger partial charge in [-0.2, -0.15) is 0 Å². The summed E-state index contributed by atoms with van der Waals surface area (Å²) in [6, 6.07) is 19.7. The number of nitrogens with one attached hydrogen (secondary N) is 1. The molecule has 0 atom stereocenters. The maximum absolute atomic E-state index is 13.4. The van der Waals surface area contributed by atoms with Crippen LogP contribution in [0.2, 0.25) is 0 Å². The summed E-state index contributed by atoms with van der Waals surface area (Å²) in [5, 5.41) is 3.45. The van der Waals surface area contributed by atoms with Gasteiger partial charge < -0.3 is 14.5 Å². The van der Waals surface area contributed by atoms with Crippen molar-refractivity contribution in [3.8, 4) is 0 Å². The fourth-order valence-corrected chi connectivity index (χ4v) is 4.84. The van der Waals surface area contributed by atoms with Gasteiger partial charge in [-0.05, 0) is 71.2 Å². The average molecular weight is 509 g/mol. The molecule has 1 aliphatic carbocycles. The van der Waals surface area contributed by atoms with Crippen LogP contribution in [0.4, 0.5) is 0 Å². The fourth-order valence-electron chi connectivity index (χ4n) is 4.84. The van der Waals surface area contributed by atoms with Gasteiger partial charge in [-0.15, -0.1) is 0 Å². The molecular weight excluding hydrogens is 476 g/mol. The highest BCUT2D eigenvalue weighted by Gasteiger charge is 2.26. The summed E-state index contributed by atoms with van der Waals surface area (Å²) in [5.74, 6) is -0.267. The van der Waals surface area contributed by atoms with Crippen molar-refractivity contribution in [1.29, 1.82) is 0 Å². The molecule has 194 valence electrons. The lowest BCUT2D eigenvalue weighted by molar-refractivity contribution is -0.124. The van der Waals surface area contributed by atoms with Crippen LogP contribution in [0.5, 0.6) is 0 Å². The normalized spacial score (nSPS) is 14.3. The highest BCUT2D eigenvalue weighted by Crippen LogP contribution is 2.36. The molecule has 38 heavy (non-hydrogen) atoms. The third kappa shape index (κ3) is 5.54. The highest BCUT2D eigenvalue weighted by atomic mass is 16.5. The van der Waals surface area contributed by atoms with Crippen molar-refractivity contribution in [3.05, 3.63) is 101 Å². The molecule has 1 N–H and O–H groups in total. The molecule has 0 fully saturated rings. The van der Waals surface area contributed by atoms with Gasteiger partial charge in [-0.1, -0.05) is 63.2 Å². The first kappa shape index (κ1) is 25.5. The van der Waals surface area contributed by atoms with Gasteiger partial charge >= 0.3 is 5.97 Å². The number of pyridine rings is 1. The van der Waals surface area contributed by atoms with Crippen LogP contribution in [0.15, 0.2) is 71.3 Å². The van der Waals surface area contributed by atoms with E-state index in [0.29, 0.717) is 11.3 Å². The van der Waals surface area contributed by atoms with E-state index in [0.717, 1.165) is 52.6 Å². The van der Waals surface area contributed by atoms with Crippen LogP contribution in [0.1, 0.15) is 72.1 Å². The molecule has 4 aromatic rings. The zero-order chi connectivity index (χ0) is 26.7. The van der Waals surface area contributed by atoms with E-state index >= 15 is 0 Å². The van der Waals surface area contributed by atoms with Crippen LogP contribution in [0.3, 0.4) is 0 Å². The van der Waals surface area contributed by atoms with Crippen molar-refractivity contribution >= 4 is 34.4 Å². The minimum absolute atomic E-state index is 0.0918. The second kappa shape index (κ2) is 10.7. The third-order valence-electron chi connectivity index (χ3n) is 6.87. The molecule has 0 radical (unpaired) electrons. The zero-order valence-electron chi connectivity index (χ0n) is 22.0. The molecule has 6 heteroatoms. The minimum atomic E-state index is -0.510. The van der Waals surface area contributed by atoms with E-state index in [4.69, 9.17) is 14.1 Å². The number of amides is 1. The van der Waals surface area contributed by atoms with Gasteiger partial charge in [0.05, 0.1) is 29.6 Å². The second-order valence-electron chi connectivity index (χ2n) is 10.7. The van der Waals surface area contributed by atoms with Gasteiger partial charge in [0, 0.05) is 5.39 Å². The number of hydrogen-bond acceptors (Lipinski definition) is 5. The van der Waals surface area contributed by atoms with E-state index in [1.807, 2.05) is 24.3 Å². The summed E-state index contributed by atoms with van der Waals surface area (Å²) < 4.78 is 10.7. The molecular formula is C32H32N2O4. The summed E-state index contributed by atoms with van der Waals surface area (Å²) in [5.41, 5.74) is 6.53. The third-order valence-corrected chi connectivity index (χ3v) is 6.87. The molecule has 2 aromatic heterocycles. The van der Waals surface area contributed by atoms with E-state index in [9.17, 15) is 9.59 Å². The Morgan fingerprint density at radius 1 is 1.03 bits per heavy atom. The largest absolute Gasteiger partial charge is 0.467 e. The summed E-state index contributed by atoms with van der Waals surface area (Å²) in [4.78, 5) is 30.7. The first-order valence-corrected chi connectivity index (χ1v) is 13.0. The number of carbonyl (C=O) groups excluding carboxylic acids is 2. The minimum Gasteiger partial charge on any atom is -0.467 e. The molecule has 0 unspecified atom stereocenters. The lowest BCUT2D eigenvalue weighted by Crippen LogP contribution is -2.28. The van der Waals surface area contributed by atoms with Crippen molar-refractivity contribution in [2.45, 2.75) is 52.0 Å². The maximum atomic E-state index is 13.4. The van der Waals surface area contributed by atoms with Gasteiger partial charge in [0.25, 0.3) is 5.91 Å². The number of hydrogen-bond donors (Lipinski definition) is 1. The van der Waals surface area contributed by atoms with Gasteiger partial charge in [-0.25, -0.2) is 9.78 Å². The van der Waals surface area contributed by atoms with E-state index in [1.165, 1.54) is 5.56 Å². The molecule has 0 saturated carbocycles. The van der Waals surface area contributed by atoms with Crippen LogP contribution in [0.25, 0.3) is 22.6 Å². The predicted octanol–water partition coefficient (Wildman–Crippen LogP) is 6.48. The van der Waals surface area contributed by atoms with E-state index in [2.05, 4.69) is 56.4 Å². The number of allylic oxidation sites excluding steroid dienone is 1.